The first kappa shape index (κ1) is 12.8. The zero-order valence-electron chi connectivity index (χ0n) is 11.3. The number of hydrogen-bond donors (Lipinski definition) is 1. The second-order valence-electron chi connectivity index (χ2n) is 4.76. The van der Waals surface area contributed by atoms with Crippen LogP contribution in [-0.2, 0) is 6.42 Å². The molecule has 0 amide bonds. The Morgan fingerprint density at radius 3 is 2.44 bits per heavy atom. The number of nitrogens with zero attached hydrogens (tertiary/aromatic N) is 1. The molecule has 2 nitrogen and oxygen atoms in total. The first-order valence-electron chi connectivity index (χ1n) is 6.34. The second-order valence-corrected chi connectivity index (χ2v) is 4.76. The molecule has 18 heavy (non-hydrogen) atoms. The molecule has 0 radical (unpaired) electrons. The average molecular weight is 240 g/mol. The van der Waals surface area contributed by atoms with E-state index in [-0.39, 0.29) is 0 Å². The van der Waals surface area contributed by atoms with E-state index in [2.05, 4.69) is 53.6 Å². The van der Waals surface area contributed by atoms with Gasteiger partial charge in [-0.25, -0.2) is 0 Å². The molecule has 0 fully saturated rings. The highest BCUT2D eigenvalue weighted by Crippen LogP contribution is 2.18. The molecule has 1 atom stereocenters. The fourth-order valence-electron chi connectivity index (χ4n) is 2.13. The largest absolute Gasteiger partial charge is 0.313 e. The van der Waals surface area contributed by atoms with Crippen molar-refractivity contribution < 1.29 is 0 Å². The van der Waals surface area contributed by atoms with E-state index < -0.39 is 0 Å². The van der Waals surface area contributed by atoms with Crippen molar-refractivity contribution >= 4 is 0 Å². The number of rotatable bonds is 4. The van der Waals surface area contributed by atoms with Crippen LogP contribution in [0.1, 0.15) is 28.4 Å². The second kappa shape index (κ2) is 5.78. The summed E-state index contributed by atoms with van der Waals surface area (Å²) in [5, 5.41) is 3.38. The van der Waals surface area contributed by atoms with E-state index in [9.17, 15) is 0 Å². The molecule has 94 valence electrons. The third-order valence-electron chi connectivity index (χ3n) is 3.23. The molecule has 0 saturated heterocycles. The van der Waals surface area contributed by atoms with Gasteiger partial charge in [0.25, 0.3) is 0 Å². The Labute approximate surface area is 109 Å². The number of hydrogen-bond acceptors (Lipinski definition) is 2. The number of likely N-dealkylation sites (N-methyl/N-ethyl adjacent to an activating group) is 1. The minimum atomic E-state index is 0.342. The highest BCUT2D eigenvalue weighted by Gasteiger charge is 2.10. The fourth-order valence-corrected chi connectivity index (χ4v) is 2.13. The number of pyridine rings is 1. The quantitative estimate of drug-likeness (QED) is 0.887. The standard InChI is InChI=1S/C16H20N2/c1-12-4-6-14(7-5-12)11-16(17-3)15-8-9-18-13(2)10-15/h4-10,16-17H,11H2,1-3H3. The summed E-state index contributed by atoms with van der Waals surface area (Å²) in [5.41, 5.74) is 5.02. The normalized spacial score (nSPS) is 12.4. The molecule has 1 aromatic carbocycles. The van der Waals surface area contributed by atoms with Gasteiger partial charge in [-0.05, 0) is 50.6 Å². The van der Waals surface area contributed by atoms with Crippen molar-refractivity contribution in [1.82, 2.24) is 10.3 Å². The Hall–Kier alpha value is -1.67. The monoisotopic (exact) mass is 240 g/mol. The van der Waals surface area contributed by atoms with Crippen LogP contribution in [0.4, 0.5) is 0 Å². The minimum Gasteiger partial charge on any atom is -0.313 e. The fraction of sp³-hybridized carbons (Fsp3) is 0.312. The van der Waals surface area contributed by atoms with Crippen molar-refractivity contribution in [3.8, 4) is 0 Å². The van der Waals surface area contributed by atoms with E-state index in [0.29, 0.717) is 6.04 Å². The van der Waals surface area contributed by atoms with Gasteiger partial charge in [-0.15, -0.1) is 0 Å². The van der Waals surface area contributed by atoms with Crippen molar-refractivity contribution in [2.24, 2.45) is 0 Å². The molecule has 0 aliphatic rings. The summed E-state index contributed by atoms with van der Waals surface area (Å²) in [7, 11) is 2.01. The lowest BCUT2D eigenvalue weighted by Gasteiger charge is -2.17. The van der Waals surface area contributed by atoms with Crippen LogP contribution in [0.3, 0.4) is 0 Å². The van der Waals surface area contributed by atoms with Crippen LogP contribution in [-0.4, -0.2) is 12.0 Å². The molecule has 0 aliphatic heterocycles. The topological polar surface area (TPSA) is 24.9 Å². The Bertz CT molecular complexity index is 503. The molecule has 0 aliphatic carbocycles. The number of aryl methyl sites for hydroxylation is 2. The van der Waals surface area contributed by atoms with E-state index in [1.807, 2.05) is 20.2 Å². The van der Waals surface area contributed by atoms with Gasteiger partial charge in [0.1, 0.15) is 0 Å². The summed E-state index contributed by atoms with van der Waals surface area (Å²) in [6.07, 6.45) is 2.88. The van der Waals surface area contributed by atoms with Crippen LogP contribution in [0.25, 0.3) is 0 Å². The van der Waals surface area contributed by atoms with Crippen LogP contribution in [0.15, 0.2) is 42.6 Å². The van der Waals surface area contributed by atoms with Gasteiger partial charge < -0.3 is 5.32 Å². The summed E-state index contributed by atoms with van der Waals surface area (Å²) < 4.78 is 0. The Morgan fingerprint density at radius 2 is 1.83 bits per heavy atom. The van der Waals surface area contributed by atoms with Crippen molar-refractivity contribution in [3.63, 3.8) is 0 Å². The minimum absolute atomic E-state index is 0.342. The van der Waals surface area contributed by atoms with Crippen molar-refractivity contribution in [3.05, 3.63) is 65.0 Å². The maximum Gasteiger partial charge on any atom is 0.0375 e. The molecule has 0 spiro atoms. The van der Waals surface area contributed by atoms with Crippen LogP contribution >= 0.6 is 0 Å². The van der Waals surface area contributed by atoms with E-state index in [0.717, 1.165) is 12.1 Å². The van der Waals surface area contributed by atoms with E-state index in [1.54, 1.807) is 0 Å². The van der Waals surface area contributed by atoms with Gasteiger partial charge in [-0.2, -0.15) is 0 Å². The predicted octanol–water partition coefficient (Wildman–Crippen LogP) is 3.20. The van der Waals surface area contributed by atoms with Gasteiger partial charge in [-0.1, -0.05) is 29.8 Å². The van der Waals surface area contributed by atoms with E-state index >= 15 is 0 Å². The molecule has 1 heterocycles. The van der Waals surface area contributed by atoms with Crippen molar-refractivity contribution in [2.75, 3.05) is 7.05 Å². The van der Waals surface area contributed by atoms with Gasteiger partial charge in [-0.3, -0.25) is 4.98 Å². The average Bonchev–Trinajstić information content (AvgIpc) is 2.38. The molecule has 1 aromatic heterocycles. The smallest absolute Gasteiger partial charge is 0.0375 e. The predicted molar refractivity (Wildman–Crippen MR) is 75.7 cm³/mol. The van der Waals surface area contributed by atoms with Crippen molar-refractivity contribution in [2.45, 2.75) is 26.3 Å². The number of benzene rings is 1. The zero-order chi connectivity index (χ0) is 13.0. The van der Waals surface area contributed by atoms with Gasteiger partial charge in [0.15, 0.2) is 0 Å². The zero-order valence-corrected chi connectivity index (χ0v) is 11.3. The molecule has 2 aromatic rings. The Morgan fingerprint density at radius 1 is 1.11 bits per heavy atom. The highest BCUT2D eigenvalue weighted by molar-refractivity contribution is 5.26. The first-order valence-corrected chi connectivity index (χ1v) is 6.34. The van der Waals surface area contributed by atoms with Crippen molar-refractivity contribution in [1.29, 1.82) is 0 Å². The third-order valence-corrected chi connectivity index (χ3v) is 3.23. The Balaban J connectivity index is 2.17. The van der Waals surface area contributed by atoms with Gasteiger partial charge in [0.2, 0.25) is 0 Å². The molecule has 0 saturated carbocycles. The SMILES string of the molecule is CNC(Cc1ccc(C)cc1)c1ccnc(C)c1. The first-order chi connectivity index (χ1) is 8.69. The molecule has 0 bridgehead atoms. The summed E-state index contributed by atoms with van der Waals surface area (Å²) in [6.45, 7) is 4.15. The lowest BCUT2D eigenvalue weighted by molar-refractivity contribution is 0.590. The summed E-state index contributed by atoms with van der Waals surface area (Å²) in [4.78, 5) is 4.25. The molecule has 2 rings (SSSR count). The van der Waals surface area contributed by atoms with Gasteiger partial charge >= 0.3 is 0 Å². The maximum atomic E-state index is 4.25. The number of aromatic nitrogens is 1. The molecule has 1 N–H and O–H groups in total. The van der Waals surface area contributed by atoms with Crippen LogP contribution < -0.4 is 5.32 Å². The van der Waals surface area contributed by atoms with Gasteiger partial charge in [0.05, 0.1) is 0 Å². The van der Waals surface area contributed by atoms with Crippen LogP contribution in [0, 0.1) is 13.8 Å². The maximum absolute atomic E-state index is 4.25. The third kappa shape index (κ3) is 3.17. The lowest BCUT2D eigenvalue weighted by Crippen LogP contribution is -2.19. The van der Waals surface area contributed by atoms with Crippen LogP contribution in [0.2, 0.25) is 0 Å². The summed E-state index contributed by atoms with van der Waals surface area (Å²) in [6, 6.07) is 13.3. The summed E-state index contributed by atoms with van der Waals surface area (Å²) >= 11 is 0. The molecule has 2 heteroatoms. The number of nitrogens with one attached hydrogen (secondary N) is 1. The molecular weight excluding hydrogens is 220 g/mol. The van der Waals surface area contributed by atoms with Gasteiger partial charge in [0, 0.05) is 17.9 Å². The molecular formula is C16H20N2. The van der Waals surface area contributed by atoms with E-state index in [4.69, 9.17) is 0 Å². The lowest BCUT2D eigenvalue weighted by atomic mass is 9.98. The Kier molecular flexibility index (Phi) is 4.11. The highest BCUT2D eigenvalue weighted by atomic mass is 14.9. The van der Waals surface area contributed by atoms with Crippen LogP contribution in [0.5, 0.6) is 0 Å². The van der Waals surface area contributed by atoms with E-state index in [1.165, 1.54) is 16.7 Å². The summed E-state index contributed by atoms with van der Waals surface area (Å²) in [5.74, 6) is 0. The molecule has 1 unspecified atom stereocenters.